The molecule has 2 heterocycles. The number of non-ortho nitro benzene ring substituents is 1. The van der Waals surface area contributed by atoms with Crippen LogP contribution in [0.15, 0.2) is 42.5 Å². The molecular weight excluding hydrogens is 428 g/mol. The zero-order valence-corrected chi connectivity index (χ0v) is 17.0. The third-order valence-electron chi connectivity index (χ3n) is 4.81. The minimum atomic E-state index is -0.797. The summed E-state index contributed by atoms with van der Waals surface area (Å²) in [6.07, 6.45) is 4.19. The van der Waals surface area contributed by atoms with Gasteiger partial charge in [0.25, 0.3) is 11.6 Å². The van der Waals surface area contributed by atoms with Crippen LogP contribution < -0.4 is 4.90 Å². The first kappa shape index (κ1) is 21.0. The molecule has 0 spiro atoms. The first-order valence-corrected chi connectivity index (χ1v) is 10.3. The van der Waals surface area contributed by atoms with Crippen LogP contribution in [0, 0.1) is 21.7 Å². The van der Waals surface area contributed by atoms with Gasteiger partial charge in [0.15, 0.2) is 10.9 Å². The number of carbonyl (C=O) groups is 1. The second-order valence-corrected chi connectivity index (χ2v) is 8.01. The maximum Gasteiger partial charge on any atom is 0.270 e. The number of hydrogen-bond acceptors (Lipinski definition) is 6. The Kier molecular flexibility index (Phi) is 6.01. The number of nitro benzene ring substituents is 1. The largest absolute Gasteiger partial charge is 0.376 e. The number of benzene rings is 2. The predicted molar refractivity (Wildman–Crippen MR) is 113 cm³/mol. The zero-order chi connectivity index (χ0) is 22.0. The van der Waals surface area contributed by atoms with Crippen LogP contribution >= 0.6 is 11.3 Å². The molecule has 0 bridgehead atoms. The van der Waals surface area contributed by atoms with Gasteiger partial charge in [-0.2, -0.15) is 0 Å². The Hall–Kier alpha value is -3.24. The molecule has 1 aromatic heterocycles. The van der Waals surface area contributed by atoms with Gasteiger partial charge >= 0.3 is 0 Å². The lowest BCUT2D eigenvalue weighted by Crippen LogP contribution is -2.36. The van der Waals surface area contributed by atoms with Crippen LogP contribution in [0.25, 0.3) is 16.3 Å². The third kappa shape index (κ3) is 4.75. The number of fused-ring (bicyclic) bond motifs is 1. The van der Waals surface area contributed by atoms with Gasteiger partial charge in [0.1, 0.15) is 11.3 Å². The monoisotopic (exact) mass is 445 g/mol. The predicted octanol–water partition coefficient (Wildman–Crippen LogP) is 4.71. The van der Waals surface area contributed by atoms with Gasteiger partial charge < -0.3 is 4.74 Å². The summed E-state index contributed by atoms with van der Waals surface area (Å²) in [5.41, 5.74) is 0.390. The van der Waals surface area contributed by atoms with E-state index in [9.17, 15) is 23.7 Å². The summed E-state index contributed by atoms with van der Waals surface area (Å²) in [5.74, 6) is -1.96. The van der Waals surface area contributed by atoms with E-state index in [4.69, 9.17) is 4.74 Å². The van der Waals surface area contributed by atoms with E-state index in [0.29, 0.717) is 16.9 Å². The van der Waals surface area contributed by atoms with Crippen LogP contribution in [-0.2, 0) is 9.53 Å². The maximum atomic E-state index is 14.1. The topological polar surface area (TPSA) is 85.6 Å². The molecule has 1 fully saturated rings. The van der Waals surface area contributed by atoms with Gasteiger partial charge in [0.2, 0.25) is 0 Å². The standard InChI is InChI=1S/C21H17F2N3O4S/c22-14-10-17(23)20-18(11-14)31-21(24-20)25(12-16-5-2-8-30-16)19(27)7-6-13-3-1-4-15(9-13)26(28)29/h1,3-4,6-7,9-11,16H,2,5,8,12H2/b7-6+. The zero-order valence-electron chi connectivity index (χ0n) is 16.2. The Balaban J connectivity index is 1.64. The smallest absolute Gasteiger partial charge is 0.270 e. The van der Waals surface area contributed by atoms with Crippen molar-refractivity contribution >= 4 is 44.4 Å². The van der Waals surface area contributed by atoms with Crippen LogP contribution in [0.1, 0.15) is 18.4 Å². The van der Waals surface area contributed by atoms with Crippen molar-refractivity contribution in [1.82, 2.24) is 4.98 Å². The number of amides is 1. The van der Waals surface area contributed by atoms with E-state index in [-0.39, 0.29) is 29.0 Å². The molecule has 1 saturated heterocycles. The first-order valence-electron chi connectivity index (χ1n) is 9.52. The van der Waals surface area contributed by atoms with E-state index in [1.807, 2.05) is 0 Å². The molecule has 1 unspecified atom stereocenters. The summed E-state index contributed by atoms with van der Waals surface area (Å²) in [5, 5.41) is 11.2. The molecular formula is C21H17F2N3O4S. The van der Waals surface area contributed by atoms with Crippen LogP contribution in [0.5, 0.6) is 0 Å². The fourth-order valence-electron chi connectivity index (χ4n) is 3.31. The summed E-state index contributed by atoms with van der Waals surface area (Å²) in [4.78, 5) is 29.0. The molecule has 160 valence electrons. The number of rotatable bonds is 6. The average molecular weight is 445 g/mol. The number of thiazole rings is 1. The Bertz CT molecular complexity index is 1170. The number of hydrogen-bond donors (Lipinski definition) is 0. The molecule has 1 aliphatic rings. The molecule has 1 aliphatic heterocycles. The van der Waals surface area contributed by atoms with E-state index in [0.717, 1.165) is 30.2 Å². The van der Waals surface area contributed by atoms with Crippen molar-refractivity contribution in [3.8, 4) is 0 Å². The normalized spacial score (nSPS) is 16.3. The molecule has 0 radical (unpaired) electrons. The molecule has 7 nitrogen and oxygen atoms in total. The molecule has 31 heavy (non-hydrogen) atoms. The van der Waals surface area contributed by atoms with Crippen molar-refractivity contribution in [1.29, 1.82) is 0 Å². The van der Waals surface area contributed by atoms with Crippen LogP contribution in [0.4, 0.5) is 19.6 Å². The molecule has 2 aromatic carbocycles. The lowest BCUT2D eigenvalue weighted by molar-refractivity contribution is -0.384. The highest BCUT2D eigenvalue weighted by Gasteiger charge is 2.25. The van der Waals surface area contributed by atoms with E-state index in [1.54, 1.807) is 6.07 Å². The van der Waals surface area contributed by atoms with E-state index >= 15 is 0 Å². The molecule has 1 amide bonds. The number of aromatic nitrogens is 1. The minimum Gasteiger partial charge on any atom is -0.376 e. The second kappa shape index (κ2) is 8.86. The molecule has 1 atom stereocenters. The maximum absolute atomic E-state index is 14.1. The average Bonchev–Trinajstić information content (AvgIpc) is 3.40. The van der Waals surface area contributed by atoms with Crippen molar-refractivity contribution < 1.29 is 23.2 Å². The fraction of sp³-hybridized carbons (Fsp3) is 0.238. The number of ether oxygens (including phenoxy) is 1. The van der Waals surface area contributed by atoms with Crippen molar-refractivity contribution in [2.45, 2.75) is 18.9 Å². The number of nitrogens with zero attached hydrogens (tertiary/aromatic N) is 3. The van der Waals surface area contributed by atoms with Crippen LogP contribution in [-0.4, -0.2) is 35.1 Å². The Morgan fingerprint density at radius 3 is 2.94 bits per heavy atom. The van der Waals surface area contributed by atoms with Crippen molar-refractivity contribution in [3.05, 3.63) is 69.8 Å². The number of halogens is 2. The highest BCUT2D eigenvalue weighted by Crippen LogP contribution is 2.32. The molecule has 4 rings (SSSR count). The Labute approximate surface area is 179 Å². The Morgan fingerprint density at radius 2 is 2.19 bits per heavy atom. The quantitative estimate of drug-likeness (QED) is 0.312. The molecule has 0 N–H and O–H groups in total. The van der Waals surface area contributed by atoms with Gasteiger partial charge in [-0.3, -0.25) is 19.8 Å². The summed E-state index contributed by atoms with van der Waals surface area (Å²) in [6, 6.07) is 7.80. The van der Waals surface area contributed by atoms with Crippen molar-refractivity contribution in [2.24, 2.45) is 0 Å². The molecule has 0 saturated carbocycles. The first-order chi connectivity index (χ1) is 14.9. The van der Waals surface area contributed by atoms with Crippen LogP contribution in [0.3, 0.4) is 0 Å². The summed E-state index contributed by atoms with van der Waals surface area (Å²) >= 11 is 1.01. The number of carbonyl (C=O) groups excluding carboxylic acids is 1. The second-order valence-electron chi connectivity index (χ2n) is 7.00. The van der Waals surface area contributed by atoms with Gasteiger partial charge in [-0.15, -0.1) is 0 Å². The molecule has 10 heteroatoms. The third-order valence-corrected chi connectivity index (χ3v) is 5.83. The van der Waals surface area contributed by atoms with E-state index < -0.39 is 22.5 Å². The lowest BCUT2D eigenvalue weighted by atomic mass is 10.2. The van der Waals surface area contributed by atoms with Crippen LogP contribution in [0.2, 0.25) is 0 Å². The van der Waals surface area contributed by atoms with Gasteiger partial charge in [0, 0.05) is 30.9 Å². The van der Waals surface area contributed by atoms with Gasteiger partial charge in [-0.1, -0.05) is 23.5 Å². The highest BCUT2D eigenvalue weighted by atomic mass is 32.1. The SMILES string of the molecule is O=C(/C=C/c1cccc([N+](=O)[O-])c1)N(CC1CCCO1)c1nc2c(F)cc(F)cc2s1. The Morgan fingerprint density at radius 1 is 1.35 bits per heavy atom. The van der Waals surface area contributed by atoms with Gasteiger partial charge in [-0.25, -0.2) is 13.8 Å². The number of anilines is 1. The summed E-state index contributed by atoms with van der Waals surface area (Å²) in [7, 11) is 0. The molecule has 3 aromatic rings. The van der Waals surface area contributed by atoms with E-state index in [1.165, 1.54) is 41.3 Å². The van der Waals surface area contributed by atoms with Crippen molar-refractivity contribution in [3.63, 3.8) is 0 Å². The van der Waals surface area contributed by atoms with Crippen molar-refractivity contribution in [2.75, 3.05) is 18.1 Å². The molecule has 0 aliphatic carbocycles. The summed E-state index contributed by atoms with van der Waals surface area (Å²) < 4.78 is 33.6. The highest BCUT2D eigenvalue weighted by molar-refractivity contribution is 7.22. The lowest BCUT2D eigenvalue weighted by Gasteiger charge is -2.21. The summed E-state index contributed by atoms with van der Waals surface area (Å²) in [6.45, 7) is 0.804. The number of nitro groups is 1. The van der Waals surface area contributed by atoms with Gasteiger partial charge in [0.05, 0.1) is 22.3 Å². The minimum absolute atomic E-state index is 0.00537. The van der Waals surface area contributed by atoms with E-state index in [2.05, 4.69) is 4.98 Å². The van der Waals surface area contributed by atoms with Gasteiger partial charge in [-0.05, 0) is 30.5 Å². The fourth-order valence-corrected chi connectivity index (χ4v) is 4.33.